The van der Waals surface area contributed by atoms with Crippen molar-refractivity contribution in [3.63, 3.8) is 0 Å². The highest BCUT2D eigenvalue weighted by molar-refractivity contribution is 9.10. The first-order chi connectivity index (χ1) is 9.20. The van der Waals surface area contributed by atoms with E-state index in [9.17, 15) is 4.79 Å². The lowest BCUT2D eigenvalue weighted by Gasteiger charge is -2.43. The van der Waals surface area contributed by atoms with E-state index in [0.717, 1.165) is 24.1 Å². The van der Waals surface area contributed by atoms with Crippen LogP contribution in [0.5, 0.6) is 0 Å². The predicted octanol–water partition coefficient (Wildman–Crippen LogP) is 2.63. The second-order valence-electron chi connectivity index (χ2n) is 5.71. The zero-order valence-corrected chi connectivity index (χ0v) is 13.7. The lowest BCUT2D eigenvalue weighted by atomic mass is 9.64. The topological polar surface area (TPSA) is 41.1 Å². The lowest BCUT2D eigenvalue weighted by molar-refractivity contribution is -0.126. The minimum Gasteiger partial charge on any atom is -0.355 e. The van der Waals surface area contributed by atoms with Crippen LogP contribution in [0.2, 0.25) is 0 Å². The van der Waals surface area contributed by atoms with Crippen LogP contribution >= 0.6 is 28.3 Å². The average Bonchev–Trinajstić information content (AvgIpc) is 2.27. The van der Waals surface area contributed by atoms with Crippen molar-refractivity contribution in [3.05, 3.63) is 34.3 Å². The number of nitrogens with one attached hydrogen (secondary N) is 2. The van der Waals surface area contributed by atoms with Gasteiger partial charge in [0, 0.05) is 29.5 Å². The Bertz CT molecular complexity index is 469. The zero-order valence-electron chi connectivity index (χ0n) is 11.3. The molecule has 2 aliphatic rings. The fourth-order valence-electron chi connectivity index (χ4n) is 2.85. The van der Waals surface area contributed by atoms with Gasteiger partial charge in [0.05, 0.1) is 5.92 Å². The van der Waals surface area contributed by atoms with E-state index < -0.39 is 0 Å². The smallest absolute Gasteiger partial charge is 0.225 e. The van der Waals surface area contributed by atoms with Crippen LogP contribution in [-0.4, -0.2) is 25.5 Å². The van der Waals surface area contributed by atoms with Crippen LogP contribution < -0.4 is 10.6 Å². The Morgan fingerprint density at radius 1 is 1.30 bits per heavy atom. The normalized spacial score (nSPS) is 20.2. The first-order valence-electron chi connectivity index (χ1n) is 6.94. The summed E-state index contributed by atoms with van der Waals surface area (Å²) < 4.78 is 1.11. The molecule has 2 N–H and O–H groups in total. The number of benzene rings is 1. The van der Waals surface area contributed by atoms with Crippen LogP contribution in [-0.2, 0) is 10.2 Å². The van der Waals surface area contributed by atoms with E-state index >= 15 is 0 Å². The summed E-state index contributed by atoms with van der Waals surface area (Å²) in [5, 5.41) is 6.29. The number of hydrogen-bond acceptors (Lipinski definition) is 2. The Morgan fingerprint density at radius 2 is 1.95 bits per heavy atom. The third-order valence-electron chi connectivity index (χ3n) is 4.52. The quantitative estimate of drug-likeness (QED) is 0.868. The van der Waals surface area contributed by atoms with E-state index in [2.05, 4.69) is 50.8 Å². The monoisotopic (exact) mass is 358 g/mol. The summed E-state index contributed by atoms with van der Waals surface area (Å²) in [5.74, 6) is 0.393. The van der Waals surface area contributed by atoms with Crippen molar-refractivity contribution in [1.29, 1.82) is 0 Å². The molecule has 110 valence electrons. The molecule has 20 heavy (non-hydrogen) atoms. The van der Waals surface area contributed by atoms with E-state index in [4.69, 9.17) is 0 Å². The number of halogens is 2. The molecule has 1 aliphatic heterocycles. The molecule has 0 bridgehead atoms. The Kier molecular flexibility index (Phi) is 5.10. The molecule has 5 heteroatoms. The largest absolute Gasteiger partial charge is 0.355 e. The summed E-state index contributed by atoms with van der Waals surface area (Å²) in [6.07, 6.45) is 3.62. The second kappa shape index (κ2) is 6.46. The highest BCUT2D eigenvalue weighted by Gasteiger charge is 2.39. The van der Waals surface area contributed by atoms with E-state index in [0.29, 0.717) is 0 Å². The number of amides is 1. The average molecular weight is 360 g/mol. The Labute approximate surface area is 134 Å². The minimum absolute atomic E-state index is 0. The van der Waals surface area contributed by atoms with Gasteiger partial charge in [0.25, 0.3) is 0 Å². The molecule has 1 aromatic carbocycles. The van der Waals surface area contributed by atoms with Gasteiger partial charge in [-0.3, -0.25) is 4.79 Å². The summed E-state index contributed by atoms with van der Waals surface area (Å²) in [7, 11) is 0. The van der Waals surface area contributed by atoms with Crippen molar-refractivity contribution in [2.45, 2.75) is 24.7 Å². The fourth-order valence-corrected chi connectivity index (χ4v) is 3.11. The molecule has 1 aliphatic carbocycles. The summed E-state index contributed by atoms with van der Waals surface area (Å²) in [5.41, 5.74) is 1.53. The molecular formula is C15H20BrClN2O. The highest BCUT2D eigenvalue weighted by atomic mass is 79.9. The van der Waals surface area contributed by atoms with Gasteiger partial charge >= 0.3 is 0 Å². The minimum atomic E-state index is 0. The van der Waals surface area contributed by atoms with Crippen molar-refractivity contribution in [3.8, 4) is 0 Å². The molecule has 2 fully saturated rings. The molecule has 0 spiro atoms. The van der Waals surface area contributed by atoms with Gasteiger partial charge in [0.1, 0.15) is 0 Å². The molecule has 0 radical (unpaired) electrons. The second-order valence-corrected chi connectivity index (χ2v) is 6.63. The first kappa shape index (κ1) is 15.8. The standard InChI is InChI=1S/C15H19BrN2O.ClH/c16-13-4-2-12(3-5-13)15(6-1-7-15)10-18-14(19)11-8-17-9-11;/h2-5,11,17H,1,6-10H2,(H,18,19);1H. The molecule has 1 amide bonds. The van der Waals surface area contributed by atoms with Gasteiger partial charge < -0.3 is 10.6 Å². The summed E-state index contributed by atoms with van der Waals surface area (Å²) in [6, 6.07) is 8.54. The maximum Gasteiger partial charge on any atom is 0.225 e. The third-order valence-corrected chi connectivity index (χ3v) is 5.05. The molecule has 3 rings (SSSR count). The van der Waals surface area contributed by atoms with Gasteiger partial charge in [-0.25, -0.2) is 0 Å². The van der Waals surface area contributed by atoms with Crippen LogP contribution in [0.4, 0.5) is 0 Å². The Balaban J connectivity index is 0.00000147. The van der Waals surface area contributed by atoms with Gasteiger partial charge in [-0.15, -0.1) is 12.4 Å². The number of carbonyl (C=O) groups excluding carboxylic acids is 1. The Morgan fingerprint density at radius 3 is 2.40 bits per heavy atom. The maximum atomic E-state index is 11.9. The van der Waals surface area contributed by atoms with Crippen LogP contribution in [0, 0.1) is 5.92 Å². The molecule has 0 unspecified atom stereocenters. The molecule has 0 atom stereocenters. The van der Waals surface area contributed by atoms with Gasteiger partial charge in [0.15, 0.2) is 0 Å². The van der Waals surface area contributed by atoms with E-state index in [-0.39, 0.29) is 29.6 Å². The molecule has 1 saturated carbocycles. The van der Waals surface area contributed by atoms with Gasteiger partial charge in [0.2, 0.25) is 5.91 Å². The molecule has 3 nitrogen and oxygen atoms in total. The van der Waals surface area contributed by atoms with Crippen molar-refractivity contribution in [2.24, 2.45) is 5.92 Å². The van der Waals surface area contributed by atoms with Crippen molar-refractivity contribution >= 4 is 34.2 Å². The van der Waals surface area contributed by atoms with Crippen molar-refractivity contribution < 1.29 is 4.79 Å². The summed E-state index contributed by atoms with van der Waals surface area (Å²) >= 11 is 3.47. The predicted molar refractivity (Wildman–Crippen MR) is 86.3 cm³/mol. The highest BCUT2D eigenvalue weighted by Crippen LogP contribution is 2.43. The number of hydrogen-bond donors (Lipinski definition) is 2. The fraction of sp³-hybridized carbons (Fsp3) is 0.533. The molecule has 0 aromatic heterocycles. The third kappa shape index (κ3) is 3.02. The molecule has 1 saturated heterocycles. The van der Waals surface area contributed by atoms with E-state index in [1.165, 1.54) is 24.8 Å². The Hall–Kier alpha value is -0.580. The van der Waals surface area contributed by atoms with Crippen LogP contribution in [0.15, 0.2) is 28.7 Å². The van der Waals surface area contributed by atoms with Gasteiger partial charge in [-0.2, -0.15) is 0 Å². The van der Waals surface area contributed by atoms with Crippen LogP contribution in [0.25, 0.3) is 0 Å². The molecule has 1 heterocycles. The SMILES string of the molecule is Cl.O=C(NCC1(c2ccc(Br)cc2)CCC1)C1CNC1. The maximum absolute atomic E-state index is 11.9. The first-order valence-corrected chi connectivity index (χ1v) is 7.73. The number of rotatable bonds is 4. The summed E-state index contributed by atoms with van der Waals surface area (Å²) in [4.78, 5) is 11.9. The van der Waals surface area contributed by atoms with Crippen LogP contribution in [0.1, 0.15) is 24.8 Å². The van der Waals surface area contributed by atoms with Gasteiger partial charge in [-0.1, -0.05) is 34.5 Å². The number of carbonyl (C=O) groups is 1. The molecule has 1 aromatic rings. The zero-order chi connectivity index (χ0) is 13.3. The summed E-state index contributed by atoms with van der Waals surface area (Å²) in [6.45, 7) is 2.44. The van der Waals surface area contributed by atoms with E-state index in [1.807, 2.05) is 0 Å². The van der Waals surface area contributed by atoms with Gasteiger partial charge in [-0.05, 0) is 30.5 Å². The van der Waals surface area contributed by atoms with E-state index in [1.54, 1.807) is 0 Å². The van der Waals surface area contributed by atoms with Crippen LogP contribution in [0.3, 0.4) is 0 Å². The van der Waals surface area contributed by atoms with Crippen molar-refractivity contribution in [1.82, 2.24) is 10.6 Å². The lowest BCUT2D eigenvalue weighted by Crippen LogP contribution is -2.54. The molecular weight excluding hydrogens is 340 g/mol. The van der Waals surface area contributed by atoms with Crippen molar-refractivity contribution in [2.75, 3.05) is 19.6 Å².